The molecule has 16 heteroatoms. The van der Waals surface area contributed by atoms with Crippen molar-refractivity contribution in [3.8, 4) is 0 Å². The van der Waals surface area contributed by atoms with Crippen LogP contribution in [-0.4, -0.2) is 52.6 Å². The van der Waals surface area contributed by atoms with Gasteiger partial charge < -0.3 is 5.32 Å². The molecule has 0 aliphatic heterocycles. The number of amides is 1. The van der Waals surface area contributed by atoms with E-state index in [2.05, 4.69) is 19.7 Å². The number of nitrogens with one attached hydrogen (secondary N) is 1. The molecule has 0 bridgehead atoms. The standard InChI is InChI=1S/C17H19N3O10S3/c1-11-9-15(18-12(2)21)16(10-17(11)32(24,25)26)20-19-13-3-5-14(6-4-13)31(22,23)8-7-30-33(27,28)29/h3-6,9-10H,7-8H2,1-2H3,(H,18,21)(H,24,25,26)(H,27,28,29)/b20-19+. The molecule has 13 nitrogen and oxygen atoms in total. The van der Waals surface area contributed by atoms with Crippen molar-refractivity contribution in [2.75, 3.05) is 17.7 Å². The Bertz CT molecular complexity index is 1400. The number of hydrogen-bond acceptors (Lipinski definition) is 10. The zero-order chi connectivity index (χ0) is 25.0. The van der Waals surface area contributed by atoms with Crippen LogP contribution in [0.5, 0.6) is 0 Å². The van der Waals surface area contributed by atoms with Gasteiger partial charge in [0.15, 0.2) is 9.84 Å². The van der Waals surface area contributed by atoms with E-state index in [0.29, 0.717) is 0 Å². The molecule has 0 atom stereocenters. The molecule has 3 N–H and O–H groups in total. The van der Waals surface area contributed by atoms with Crippen LogP contribution in [0.2, 0.25) is 0 Å². The van der Waals surface area contributed by atoms with Crippen LogP contribution in [0.4, 0.5) is 17.1 Å². The smallest absolute Gasteiger partial charge is 0.324 e. The highest BCUT2D eigenvalue weighted by molar-refractivity contribution is 7.91. The summed E-state index contributed by atoms with van der Waals surface area (Å²) in [5.41, 5.74) is 0.371. The number of benzene rings is 2. The van der Waals surface area contributed by atoms with E-state index in [1.807, 2.05) is 0 Å². The number of sulfone groups is 1. The molecule has 33 heavy (non-hydrogen) atoms. The Morgan fingerprint density at radius 2 is 1.61 bits per heavy atom. The van der Waals surface area contributed by atoms with E-state index in [1.165, 1.54) is 44.2 Å². The van der Waals surface area contributed by atoms with Gasteiger partial charge in [-0.15, -0.1) is 5.11 Å². The number of aryl methyl sites for hydroxylation is 1. The fourth-order valence-corrected chi connectivity index (χ4v) is 4.74. The van der Waals surface area contributed by atoms with E-state index in [0.717, 1.165) is 6.07 Å². The number of hydrogen-bond donors (Lipinski definition) is 3. The molecule has 0 heterocycles. The molecular weight excluding hydrogens is 502 g/mol. The van der Waals surface area contributed by atoms with Crippen LogP contribution in [0, 0.1) is 6.92 Å². The Balaban J connectivity index is 2.31. The Morgan fingerprint density at radius 1 is 1.00 bits per heavy atom. The number of rotatable bonds is 9. The van der Waals surface area contributed by atoms with Crippen LogP contribution < -0.4 is 5.32 Å². The maximum atomic E-state index is 12.2. The first-order valence-corrected chi connectivity index (χ1v) is 13.3. The van der Waals surface area contributed by atoms with Crippen LogP contribution in [-0.2, 0) is 39.3 Å². The Morgan fingerprint density at radius 3 is 2.12 bits per heavy atom. The maximum absolute atomic E-state index is 12.2. The SMILES string of the molecule is CC(=O)Nc1cc(C)c(S(=O)(=O)O)cc1/N=N/c1ccc(S(=O)(=O)CCOS(=O)(=O)O)cc1. The number of nitrogens with zero attached hydrogens (tertiary/aromatic N) is 2. The number of carbonyl (C=O) groups is 1. The van der Waals surface area contributed by atoms with Crippen molar-refractivity contribution in [1.29, 1.82) is 0 Å². The normalized spacial score (nSPS) is 12.7. The van der Waals surface area contributed by atoms with Crippen LogP contribution >= 0.6 is 0 Å². The van der Waals surface area contributed by atoms with Gasteiger partial charge in [-0.05, 0) is 48.9 Å². The van der Waals surface area contributed by atoms with Gasteiger partial charge in [-0.2, -0.15) is 21.9 Å². The molecule has 0 radical (unpaired) electrons. The summed E-state index contributed by atoms with van der Waals surface area (Å²) < 4.78 is 90.4. The second-order valence-corrected chi connectivity index (χ2v) is 11.1. The van der Waals surface area contributed by atoms with Crippen molar-refractivity contribution in [2.45, 2.75) is 23.6 Å². The van der Waals surface area contributed by atoms with Crippen molar-refractivity contribution in [1.82, 2.24) is 0 Å². The van der Waals surface area contributed by atoms with Crippen molar-refractivity contribution < 1.29 is 43.3 Å². The summed E-state index contributed by atoms with van der Waals surface area (Å²) in [5, 5.41) is 10.2. The van der Waals surface area contributed by atoms with Crippen molar-refractivity contribution >= 4 is 53.3 Å². The summed E-state index contributed by atoms with van der Waals surface area (Å²) in [5.74, 6) is -1.17. The number of anilines is 1. The van der Waals surface area contributed by atoms with Crippen molar-refractivity contribution in [2.24, 2.45) is 10.2 Å². The molecule has 0 unspecified atom stereocenters. The summed E-state index contributed by atoms with van der Waals surface area (Å²) in [4.78, 5) is 10.8. The minimum Gasteiger partial charge on any atom is -0.324 e. The molecule has 0 spiro atoms. The van der Waals surface area contributed by atoms with Gasteiger partial charge in [-0.25, -0.2) is 12.6 Å². The summed E-state index contributed by atoms with van der Waals surface area (Å²) in [7, 11) is -13.3. The van der Waals surface area contributed by atoms with Gasteiger partial charge in [0, 0.05) is 6.92 Å². The third-order valence-corrected chi connectivity index (χ3v) is 7.09. The van der Waals surface area contributed by atoms with Gasteiger partial charge in [0.2, 0.25) is 5.91 Å². The van der Waals surface area contributed by atoms with E-state index < -0.39 is 53.5 Å². The summed E-state index contributed by atoms with van der Waals surface area (Å²) in [6.07, 6.45) is 0. The van der Waals surface area contributed by atoms with Gasteiger partial charge in [0.05, 0.1) is 33.5 Å². The van der Waals surface area contributed by atoms with E-state index in [1.54, 1.807) is 0 Å². The second kappa shape index (κ2) is 10.0. The molecule has 1 amide bonds. The monoisotopic (exact) mass is 521 g/mol. The zero-order valence-electron chi connectivity index (χ0n) is 17.2. The molecule has 2 aromatic carbocycles. The van der Waals surface area contributed by atoms with E-state index >= 15 is 0 Å². The van der Waals surface area contributed by atoms with Crippen LogP contribution in [0.15, 0.2) is 56.4 Å². The fraction of sp³-hybridized carbons (Fsp3) is 0.235. The molecule has 2 aromatic rings. The second-order valence-electron chi connectivity index (χ2n) is 6.55. The van der Waals surface area contributed by atoms with Crippen LogP contribution in [0.25, 0.3) is 0 Å². The first-order valence-electron chi connectivity index (χ1n) is 8.84. The Kier molecular flexibility index (Phi) is 8.04. The molecule has 0 fully saturated rings. The molecule has 0 aliphatic rings. The van der Waals surface area contributed by atoms with Gasteiger partial charge >= 0.3 is 10.4 Å². The van der Waals surface area contributed by atoms with Crippen molar-refractivity contribution in [3.63, 3.8) is 0 Å². The van der Waals surface area contributed by atoms with Crippen molar-refractivity contribution in [3.05, 3.63) is 42.0 Å². The zero-order valence-corrected chi connectivity index (χ0v) is 19.6. The summed E-state index contributed by atoms with van der Waals surface area (Å²) >= 11 is 0. The first kappa shape index (κ1) is 26.5. The highest BCUT2D eigenvalue weighted by Gasteiger charge is 2.18. The Hall–Kier alpha value is -2.76. The van der Waals surface area contributed by atoms with Gasteiger partial charge in [-0.1, -0.05) is 0 Å². The van der Waals surface area contributed by atoms with Crippen LogP contribution in [0.1, 0.15) is 12.5 Å². The molecule has 0 aliphatic carbocycles. The lowest BCUT2D eigenvalue weighted by atomic mass is 10.2. The van der Waals surface area contributed by atoms with E-state index in [9.17, 15) is 34.6 Å². The molecular formula is C17H19N3O10S3. The predicted octanol–water partition coefficient (Wildman–Crippen LogP) is 2.21. The highest BCUT2D eigenvalue weighted by atomic mass is 32.3. The number of azo groups is 1. The molecule has 0 aromatic heterocycles. The topological polar surface area (TPSA) is 206 Å². The molecule has 0 saturated heterocycles. The quantitative estimate of drug-likeness (QED) is 0.324. The minimum absolute atomic E-state index is 0.0810. The Labute approximate surface area is 190 Å². The largest absolute Gasteiger partial charge is 0.397 e. The average Bonchev–Trinajstić information content (AvgIpc) is 2.65. The summed E-state index contributed by atoms with van der Waals surface area (Å²) in [6.45, 7) is 1.86. The third-order valence-electron chi connectivity index (χ3n) is 3.94. The highest BCUT2D eigenvalue weighted by Crippen LogP contribution is 2.32. The lowest BCUT2D eigenvalue weighted by molar-refractivity contribution is -0.114. The molecule has 0 saturated carbocycles. The van der Waals surface area contributed by atoms with Gasteiger partial charge in [0.1, 0.15) is 5.69 Å². The average molecular weight is 522 g/mol. The predicted molar refractivity (Wildman–Crippen MR) is 115 cm³/mol. The van der Waals surface area contributed by atoms with E-state index in [4.69, 9.17) is 4.55 Å². The minimum atomic E-state index is -4.77. The van der Waals surface area contributed by atoms with Gasteiger partial charge in [-0.3, -0.25) is 13.9 Å². The molecule has 180 valence electrons. The fourth-order valence-electron chi connectivity index (χ4n) is 2.53. The lowest BCUT2D eigenvalue weighted by Crippen LogP contribution is -2.15. The molecule has 2 rings (SSSR count). The van der Waals surface area contributed by atoms with Gasteiger partial charge in [0.25, 0.3) is 10.1 Å². The van der Waals surface area contributed by atoms with Crippen LogP contribution in [0.3, 0.4) is 0 Å². The van der Waals surface area contributed by atoms with E-state index in [-0.39, 0.29) is 27.5 Å². The maximum Gasteiger partial charge on any atom is 0.397 e. The summed E-state index contributed by atoms with van der Waals surface area (Å²) in [6, 6.07) is 7.21. The third kappa shape index (κ3) is 7.95. The lowest BCUT2D eigenvalue weighted by Gasteiger charge is -2.10. The first-order chi connectivity index (χ1) is 15.1. The number of carbonyl (C=O) groups excluding carboxylic acids is 1.